The quantitative estimate of drug-likeness (QED) is 0.217. The number of ether oxygens (including phenoxy) is 2. The van der Waals surface area contributed by atoms with Crippen molar-refractivity contribution in [3.63, 3.8) is 0 Å². The van der Waals surface area contributed by atoms with Crippen LogP contribution in [0.1, 0.15) is 79.7 Å². The van der Waals surface area contributed by atoms with Crippen LogP contribution in [0.25, 0.3) is 0 Å². The molecule has 0 spiro atoms. The topological polar surface area (TPSA) is 139 Å². The van der Waals surface area contributed by atoms with Gasteiger partial charge in [0.2, 0.25) is 5.91 Å². The number of hydrogen-bond acceptors (Lipinski definition) is 9. The summed E-state index contributed by atoms with van der Waals surface area (Å²) in [7, 11) is 1.53. The number of halogens is 1. The molecule has 13 heteroatoms. The average Bonchev–Trinajstić information content (AvgIpc) is 3.23. The monoisotopic (exact) mass is 805 g/mol. The Hall–Kier alpha value is -5.61. The Morgan fingerprint density at radius 2 is 1.54 bits per heavy atom. The summed E-state index contributed by atoms with van der Waals surface area (Å²) in [6, 6.07) is 19.1. The van der Waals surface area contributed by atoms with E-state index in [0.717, 1.165) is 70.0 Å². The number of methoxy groups -OCH3 is 1. The van der Waals surface area contributed by atoms with Gasteiger partial charge in [-0.25, -0.2) is 4.39 Å². The number of anilines is 2. The fourth-order valence-electron chi connectivity index (χ4n) is 9.77. The molecule has 3 heterocycles. The molecule has 3 aliphatic heterocycles. The number of piperazine rings is 1. The second-order valence-corrected chi connectivity index (χ2v) is 17.6. The van der Waals surface area contributed by atoms with Crippen molar-refractivity contribution < 1.29 is 28.2 Å². The van der Waals surface area contributed by atoms with Crippen molar-refractivity contribution in [1.82, 2.24) is 20.9 Å². The number of rotatable bonds is 11. The van der Waals surface area contributed by atoms with Crippen molar-refractivity contribution in [2.75, 3.05) is 62.7 Å². The number of nitrogens with zero attached hydrogens (tertiary/aromatic N) is 4. The SMILES string of the molecule is C=C1CCC(NC(=O)c2ccc(N3CCN(CC4CCN(c5ccc(C(=O)NC6C(C)(C)C(Oc7ccc(C#N)c(OC)c7)C6(C)C)cc5)CC4)CC3)cc2F)C(=O)N1. The van der Waals surface area contributed by atoms with Crippen LogP contribution in [0.3, 0.4) is 0 Å². The molecule has 7 rings (SSSR count). The van der Waals surface area contributed by atoms with Crippen LogP contribution in [-0.4, -0.2) is 93.7 Å². The molecule has 4 aliphatic rings. The highest BCUT2D eigenvalue weighted by molar-refractivity contribution is 5.98. The molecule has 3 aromatic rings. The first-order chi connectivity index (χ1) is 28.2. The third-order valence-electron chi connectivity index (χ3n) is 12.9. The van der Waals surface area contributed by atoms with E-state index in [9.17, 15) is 19.6 Å². The second kappa shape index (κ2) is 16.9. The zero-order valence-corrected chi connectivity index (χ0v) is 34.8. The summed E-state index contributed by atoms with van der Waals surface area (Å²) >= 11 is 0. The molecule has 1 saturated carbocycles. The minimum Gasteiger partial charge on any atom is -0.495 e. The van der Waals surface area contributed by atoms with Gasteiger partial charge in [-0.1, -0.05) is 34.3 Å². The van der Waals surface area contributed by atoms with Crippen LogP contribution in [0.4, 0.5) is 15.8 Å². The van der Waals surface area contributed by atoms with E-state index in [-0.39, 0.29) is 40.4 Å². The number of piperidine rings is 2. The van der Waals surface area contributed by atoms with Gasteiger partial charge in [0.1, 0.15) is 35.5 Å². The number of carbonyl (C=O) groups is 3. The largest absolute Gasteiger partial charge is 0.495 e. The van der Waals surface area contributed by atoms with E-state index < -0.39 is 17.8 Å². The first-order valence-electron chi connectivity index (χ1n) is 20.6. The molecule has 1 unspecified atom stereocenters. The maximum Gasteiger partial charge on any atom is 0.254 e. The molecule has 0 bridgehead atoms. The lowest BCUT2D eigenvalue weighted by molar-refractivity contribution is -0.164. The Morgan fingerprint density at radius 3 is 2.17 bits per heavy atom. The van der Waals surface area contributed by atoms with Gasteiger partial charge in [-0.05, 0) is 86.2 Å². The van der Waals surface area contributed by atoms with Crippen LogP contribution < -0.4 is 35.2 Å². The minimum atomic E-state index is -0.704. The highest BCUT2D eigenvalue weighted by atomic mass is 19.1. The Morgan fingerprint density at radius 1 is 0.881 bits per heavy atom. The molecule has 312 valence electrons. The number of carbonyl (C=O) groups excluding carboxylic acids is 3. The number of allylic oxidation sites excluding steroid dienone is 1. The van der Waals surface area contributed by atoms with E-state index in [1.54, 1.807) is 24.3 Å². The maximum atomic E-state index is 15.1. The number of amides is 3. The smallest absolute Gasteiger partial charge is 0.254 e. The summed E-state index contributed by atoms with van der Waals surface area (Å²) in [5.41, 5.74) is 2.79. The second-order valence-electron chi connectivity index (χ2n) is 17.6. The summed E-state index contributed by atoms with van der Waals surface area (Å²) in [5.74, 6) is 0.0505. The average molecular weight is 806 g/mol. The van der Waals surface area contributed by atoms with Gasteiger partial charge in [0, 0.05) is 91.4 Å². The zero-order valence-electron chi connectivity index (χ0n) is 34.8. The van der Waals surface area contributed by atoms with E-state index in [1.807, 2.05) is 24.3 Å². The molecular weight excluding hydrogens is 750 g/mol. The highest BCUT2D eigenvalue weighted by Gasteiger charge is 2.64. The predicted molar refractivity (Wildman–Crippen MR) is 225 cm³/mol. The van der Waals surface area contributed by atoms with Gasteiger partial charge in [0.05, 0.1) is 18.2 Å². The lowest BCUT2D eigenvalue weighted by atomic mass is 9.49. The van der Waals surface area contributed by atoms with Gasteiger partial charge in [-0.15, -0.1) is 0 Å². The normalized spacial score (nSPS) is 23.0. The van der Waals surface area contributed by atoms with Crippen molar-refractivity contribution in [1.29, 1.82) is 5.26 Å². The summed E-state index contributed by atoms with van der Waals surface area (Å²) in [6.45, 7) is 18.4. The minimum absolute atomic E-state index is 0.0698. The van der Waals surface area contributed by atoms with Crippen molar-refractivity contribution >= 4 is 29.1 Å². The third kappa shape index (κ3) is 8.74. The zero-order chi connectivity index (χ0) is 42.1. The standard InChI is InChI=1S/C46H56FN7O5/c1-29-7-16-38(42(57)49-29)50-41(56)36-15-13-34(25-37(36)47)54-23-21-52(22-24-54)28-30-17-19-53(20-18-30)33-11-8-31(9-12-33)40(55)51-43-45(2,3)44(46(43,4)5)59-35-14-10-32(27-48)39(26-35)58-6/h8-15,25-26,30,38,43-44H,1,7,16-24,28H2,2-6H3,(H,49,57)(H,50,56)(H,51,55). The number of hydrogen-bond donors (Lipinski definition) is 3. The van der Waals surface area contributed by atoms with E-state index in [1.165, 1.54) is 19.2 Å². The van der Waals surface area contributed by atoms with Gasteiger partial charge < -0.3 is 35.2 Å². The Balaban J connectivity index is 0.844. The molecule has 3 amide bonds. The Kier molecular flexibility index (Phi) is 11.9. The lowest BCUT2D eigenvalue weighted by Gasteiger charge is -2.63. The molecular formula is C46H56FN7O5. The highest BCUT2D eigenvalue weighted by Crippen LogP contribution is 2.55. The molecule has 59 heavy (non-hydrogen) atoms. The summed E-state index contributed by atoms with van der Waals surface area (Å²) in [6.07, 6.45) is 3.00. The van der Waals surface area contributed by atoms with Gasteiger partial charge in [0.15, 0.2) is 0 Å². The van der Waals surface area contributed by atoms with Crippen LogP contribution in [-0.2, 0) is 4.79 Å². The van der Waals surface area contributed by atoms with Crippen molar-refractivity contribution in [3.8, 4) is 17.6 Å². The van der Waals surface area contributed by atoms with E-state index in [4.69, 9.17) is 9.47 Å². The molecule has 1 aliphatic carbocycles. The number of nitriles is 1. The molecule has 0 aromatic heterocycles. The fraction of sp³-hybridized carbons (Fsp3) is 0.478. The summed E-state index contributed by atoms with van der Waals surface area (Å²) in [5, 5.41) is 17.9. The van der Waals surface area contributed by atoms with Crippen LogP contribution in [0.2, 0.25) is 0 Å². The molecule has 3 aromatic carbocycles. The van der Waals surface area contributed by atoms with Gasteiger partial charge in [-0.3, -0.25) is 19.3 Å². The van der Waals surface area contributed by atoms with Crippen molar-refractivity contribution in [2.24, 2.45) is 16.7 Å². The number of nitrogens with one attached hydrogen (secondary N) is 3. The van der Waals surface area contributed by atoms with Crippen molar-refractivity contribution in [3.05, 3.63) is 95.4 Å². The lowest BCUT2D eigenvalue weighted by Crippen LogP contribution is -2.74. The van der Waals surface area contributed by atoms with E-state index >= 15 is 4.39 Å². The molecule has 3 N–H and O–H groups in total. The van der Waals surface area contributed by atoms with Crippen LogP contribution >= 0.6 is 0 Å². The van der Waals surface area contributed by atoms with Gasteiger partial charge in [0.25, 0.3) is 11.8 Å². The van der Waals surface area contributed by atoms with E-state index in [2.05, 4.69) is 71.0 Å². The fourth-order valence-corrected chi connectivity index (χ4v) is 9.77. The summed E-state index contributed by atoms with van der Waals surface area (Å²) < 4.78 is 26.9. The molecule has 4 fully saturated rings. The first kappa shape index (κ1) is 41.5. The molecule has 1 atom stereocenters. The molecule has 12 nitrogen and oxygen atoms in total. The van der Waals surface area contributed by atoms with Crippen LogP contribution in [0.5, 0.6) is 11.5 Å². The first-order valence-corrected chi connectivity index (χ1v) is 20.6. The predicted octanol–water partition coefficient (Wildman–Crippen LogP) is 5.88. The number of benzene rings is 3. The van der Waals surface area contributed by atoms with Crippen LogP contribution in [0, 0.1) is 33.9 Å². The Labute approximate surface area is 346 Å². The summed E-state index contributed by atoms with van der Waals surface area (Å²) in [4.78, 5) is 45.5. The van der Waals surface area contributed by atoms with Crippen molar-refractivity contribution in [2.45, 2.75) is 71.6 Å². The third-order valence-corrected chi connectivity index (χ3v) is 12.9. The molecule has 0 radical (unpaired) electrons. The van der Waals surface area contributed by atoms with Crippen LogP contribution in [0.15, 0.2) is 72.9 Å². The van der Waals surface area contributed by atoms with Gasteiger partial charge >= 0.3 is 0 Å². The maximum absolute atomic E-state index is 15.1. The molecule has 3 saturated heterocycles. The van der Waals surface area contributed by atoms with E-state index in [0.29, 0.717) is 47.1 Å². The Bertz CT molecular complexity index is 2100. The van der Waals surface area contributed by atoms with Gasteiger partial charge in [-0.2, -0.15) is 5.26 Å².